The molecule has 0 heterocycles. The second-order valence-corrected chi connectivity index (χ2v) is 7.17. The maximum Gasteiger partial charge on any atom is 0.240 e. The summed E-state index contributed by atoms with van der Waals surface area (Å²) in [5.74, 6) is 0. The van der Waals surface area contributed by atoms with E-state index in [1.54, 1.807) is 12.1 Å². The molecule has 0 unspecified atom stereocenters. The normalized spacial score (nSPS) is 12.0. The lowest BCUT2D eigenvalue weighted by molar-refractivity contribution is 0.400. The van der Waals surface area contributed by atoms with Crippen LogP contribution in [0.3, 0.4) is 0 Å². The topological polar surface area (TPSA) is 61.4 Å². The molecule has 6 heteroatoms. The minimum Gasteiger partial charge on any atom is -0.320 e. The summed E-state index contributed by atoms with van der Waals surface area (Å²) >= 11 is 0. The molecule has 1 aromatic carbocycles. The number of nitrogens with one attached hydrogen (secondary N) is 2. The lowest BCUT2D eigenvalue weighted by Gasteiger charge is -2.10. The van der Waals surface area contributed by atoms with Gasteiger partial charge in [0.2, 0.25) is 10.0 Å². The Balaban J connectivity index is 2.50. The second kappa shape index (κ2) is 9.15. The zero-order chi connectivity index (χ0) is 15.7. The predicted molar refractivity (Wildman–Crippen MR) is 87.0 cm³/mol. The third-order valence-electron chi connectivity index (χ3n) is 3.20. The van der Waals surface area contributed by atoms with E-state index >= 15 is 0 Å². The van der Waals surface area contributed by atoms with Crippen LogP contribution in [0.5, 0.6) is 0 Å². The van der Waals surface area contributed by atoms with Gasteiger partial charge in [-0.1, -0.05) is 12.1 Å². The van der Waals surface area contributed by atoms with Crippen LogP contribution in [0.25, 0.3) is 0 Å². The van der Waals surface area contributed by atoms with Crippen molar-refractivity contribution in [2.45, 2.75) is 24.2 Å². The Bertz CT molecular complexity index is 498. The maximum atomic E-state index is 12.1. The van der Waals surface area contributed by atoms with Gasteiger partial charge in [-0.15, -0.1) is 0 Å². The lowest BCUT2D eigenvalue weighted by atomic mass is 10.1. The summed E-state index contributed by atoms with van der Waals surface area (Å²) in [5.41, 5.74) is 1.16. The van der Waals surface area contributed by atoms with Gasteiger partial charge in [-0.05, 0) is 71.2 Å². The monoisotopic (exact) mass is 313 g/mol. The SMILES string of the molecule is CNCCCc1ccc(S(=O)(=O)NCCCN(C)C)cc1. The molecule has 1 aromatic rings. The average molecular weight is 313 g/mol. The van der Waals surface area contributed by atoms with E-state index in [1.165, 1.54) is 0 Å². The molecule has 0 aliphatic rings. The van der Waals surface area contributed by atoms with E-state index in [0.29, 0.717) is 11.4 Å². The Morgan fingerprint density at radius 1 is 1.05 bits per heavy atom. The van der Waals surface area contributed by atoms with E-state index in [9.17, 15) is 8.42 Å². The highest BCUT2D eigenvalue weighted by Crippen LogP contribution is 2.11. The summed E-state index contributed by atoms with van der Waals surface area (Å²) < 4.78 is 26.9. The first kappa shape index (κ1) is 18.1. The van der Waals surface area contributed by atoms with Gasteiger partial charge in [0.15, 0.2) is 0 Å². The van der Waals surface area contributed by atoms with Crippen molar-refractivity contribution in [3.8, 4) is 0 Å². The van der Waals surface area contributed by atoms with Crippen molar-refractivity contribution in [3.05, 3.63) is 29.8 Å². The van der Waals surface area contributed by atoms with E-state index in [-0.39, 0.29) is 0 Å². The highest BCUT2D eigenvalue weighted by atomic mass is 32.2. The quantitative estimate of drug-likeness (QED) is 0.634. The summed E-state index contributed by atoms with van der Waals surface area (Å²) in [5, 5.41) is 3.10. The first-order valence-corrected chi connectivity index (χ1v) is 8.82. The van der Waals surface area contributed by atoms with Crippen LogP contribution in [0.4, 0.5) is 0 Å². The van der Waals surface area contributed by atoms with Gasteiger partial charge < -0.3 is 10.2 Å². The molecule has 0 radical (unpaired) electrons. The van der Waals surface area contributed by atoms with Crippen LogP contribution >= 0.6 is 0 Å². The summed E-state index contributed by atoms with van der Waals surface area (Å²) in [6, 6.07) is 7.15. The molecule has 0 bridgehead atoms. The molecule has 120 valence electrons. The van der Waals surface area contributed by atoms with Crippen molar-refractivity contribution in [1.29, 1.82) is 0 Å². The molecule has 1 rings (SSSR count). The first-order valence-electron chi connectivity index (χ1n) is 7.33. The van der Waals surface area contributed by atoms with E-state index in [0.717, 1.165) is 37.9 Å². The van der Waals surface area contributed by atoms with Crippen LogP contribution < -0.4 is 10.0 Å². The molecule has 0 aliphatic carbocycles. The van der Waals surface area contributed by atoms with Crippen molar-refractivity contribution in [2.24, 2.45) is 0 Å². The fraction of sp³-hybridized carbons (Fsp3) is 0.600. The molecule has 0 aromatic heterocycles. The largest absolute Gasteiger partial charge is 0.320 e. The van der Waals surface area contributed by atoms with Crippen LogP contribution in [0.15, 0.2) is 29.2 Å². The van der Waals surface area contributed by atoms with Gasteiger partial charge >= 0.3 is 0 Å². The highest BCUT2D eigenvalue weighted by Gasteiger charge is 2.12. The Labute approximate surface area is 128 Å². The zero-order valence-electron chi connectivity index (χ0n) is 13.2. The van der Waals surface area contributed by atoms with Gasteiger partial charge in [0, 0.05) is 6.54 Å². The Kier molecular flexibility index (Phi) is 7.88. The Morgan fingerprint density at radius 3 is 2.29 bits per heavy atom. The van der Waals surface area contributed by atoms with Gasteiger partial charge in [0.1, 0.15) is 0 Å². The van der Waals surface area contributed by atoms with Crippen LogP contribution in [0.2, 0.25) is 0 Å². The van der Waals surface area contributed by atoms with Crippen molar-refractivity contribution in [2.75, 3.05) is 40.8 Å². The van der Waals surface area contributed by atoms with E-state index in [4.69, 9.17) is 0 Å². The van der Waals surface area contributed by atoms with E-state index < -0.39 is 10.0 Å². The number of sulfonamides is 1. The molecule has 0 atom stereocenters. The number of hydrogen-bond donors (Lipinski definition) is 2. The van der Waals surface area contributed by atoms with Crippen LogP contribution in [0, 0.1) is 0 Å². The number of aryl methyl sites for hydroxylation is 1. The van der Waals surface area contributed by atoms with Gasteiger partial charge in [-0.3, -0.25) is 0 Å². The van der Waals surface area contributed by atoms with Crippen molar-refractivity contribution in [3.63, 3.8) is 0 Å². The van der Waals surface area contributed by atoms with Crippen LogP contribution in [0.1, 0.15) is 18.4 Å². The van der Waals surface area contributed by atoms with E-state index in [2.05, 4.69) is 10.0 Å². The van der Waals surface area contributed by atoms with Crippen LogP contribution in [-0.4, -0.2) is 54.1 Å². The van der Waals surface area contributed by atoms with Gasteiger partial charge in [-0.25, -0.2) is 13.1 Å². The Morgan fingerprint density at radius 2 is 1.71 bits per heavy atom. The molecular formula is C15H27N3O2S. The van der Waals surface area contributed by atoms with Crippen LogP contribution in [-0.2, 0) is 16.4 Å². The summed E-state index contributed by atoms with van der Waals surface area (Å²) in [7, 11) is 2.49. The number of nitrogens with zero attached hydrogens (tertiary/aromatic N) is 1. The third-order valence-corrected chi connectivity index (χ3v) is 4.68. The first-order chi connectivity index (χ1) is 9.95. The number of benzene rings is 1. The zero-order valence-corrected chi connectivity index (χ0v) is 14.0. The highest BCUT2D eigenvalue weighted by molar-refractivity contribution is 7.89. The molecule has 0 saturated heterocycles. The number of hydrogen-bond acceptors (Lipinski definition) is 4. The standard InChI is InChI=1S/C15H27N3O2S/c1-16-11-4-6-14-7-9-15(10-8-14)21(19,20)17-12-5-13-18(2)3/h7-10,16-17H,4-6,11-13H2,1-3H3. The van der Waals surface area contributed by atoms with E-state index in [1.807, 2.05) is 38.2 Å². The molecule has 0 saturated carbocycles. The number of rotatable bonds is 10. The fourth-order valence-corrected chi connectivity index (χ4v) is 3.06. The van der Waals surface area contributed by atoms with Gasteiger partial charge in [0.05, 0.1) is 4.90 Å². The molecular weight excluding hydrogens is 286 g/mol. The smallest absolute Gasteiger partial charge is 0.240 e. The molecule has 0 aliphatic heterocycles. The maximum absolute atomic E-state index is 12.1. The minimum atomic E-state index is -3.38. The third kappa shape index (κ3) is 7.04. The molecule has 5 nitrogen and oxygen atoms in total. The average Bonchev–Trinajstić information content (AvgIpc) is 2.44. The fourth-order valence-electron chi connectivity index (χ4n) is 1.99. The second-order valence-electron chi connectivity index (χ2n) is 5.41. The molecule has 2 N–H and O–H groups in total. The molecule has 0 spiro atoms. The summed E-state index contributed by atoms with van der Waals surface area (Å²) in [6.45, 7) is 2.30. The lowest BCUT2D eigenvalue weighted by Crippen LogP contribution is -2.27. The Hall–Kier alpha value is -0.950. The summed E-state index contributed by atoms with van der Waals surface area (Å²) in [6.07, 6.45) is 2.80. The van der Waals surface area contributed by atoms with Gasteiger partial charge in [0.25, 0.3) is 0 Å². The summed E-state index contributed by atoms with van der Waals surface area (Å²) in [4.78, 5) is 2.37. The van der Waals surface area contributed by atoms with Gasteiger partial charge in [-0.2, -0.15) is 0 Å². The molecule has 0 amide bonds. The van der Waals surface area contributed by atoms with Crippen molar-refractivity contribution in [1.82, 2.24) is 14.9 Å². The predicted octanol–water partition coefficient (Wildman–Crippen LogP) is 1.07. The van der Waals surface area contributed by atoms with Crippen molar-refractivity contribution < 1.29 is 8.42 Å². The van der Waals surface area contributed by atoms with Crippen molar-refractivity contribution >= 4 is 10.0 Å². The molecule has 21 heavy (non-hydrogen) atoms. The minimum absolute atomic E-state index is 0.338. The molecule has 0 fully saturated rings.